The molecule has 160 valence electrons. The molecule has 0 aliphatic heterocycles. The molecule has 1 aliphatic rings. The molecular formula is C22H18F3N3O3. The van der Waals surface area contributed by atoms with Crippen LogP contribution in [0.3, 0.4) is 0 Å². The Labute approximate surface area is 174 Å². The van der Waals surface area contributed by atoms with Gasteiger partial charge in [0.1, 0.15) is 17.1 Å². The van der Waals surface area contributed by atoms with E-state index in [-0.39, 0.29) is 17.5 Å². The lowest BCUT2D eigenvalue weighted by molar-refractivity contribution is -0.274. The van der Waals surface area contributed by atoms with Crippen LogP contribution in [0.4, 0.5) is 13.2 Å². The van der Waals surface area contributed by atoms with Crippen molar-refractivity contribution in [2.45, 2.75) is 12.8 Å². The Hall–Kier alpha value is -3.75. The van der Waals surface area contributed by atoms with Crippen LogP contribution in [-0.2, 0) is 0 Å². The first-order valence-corrected chi connectivity index (χ1v) is 9.53. The Morgan fingerprint density at radius 2 is 1.94 bits per heavy atom. The summed E-state index contributed by atoms with van der Waals surface area (Å²) in [7, 11) is 0. The Kier molecular flexibility index (Phi) is 5.41. The van der Waals surface area contributed by atoms with Gasteiger partial charge < -0.3 is 15.0 Å². The van der Waals surface area contributed by atoms with Crippen molar-refractivity contribution in [2.75, 3.05) is 6.54 Å². The van der Waals surface area contributed by atoms with E-state index in [0.717, 1.165) is 18.6 Å². The largest absolute Gasteiger partial charge is 0.573 e. The molecule has 9 heteroatoms. The van der Waals surface area contributed by atoms with E-state index in [0.29, 0.717) is 23.3 Å². The van der Waals surface area contributed by atoms with E-state index < -0.39 is 17.7 Å². The highest BCUT2D eigenvalue weighted by molar-refractivity contribution is 5.97. The van der Waals surface area contributed by atoms with Gasteiger partial charge in [-0.1, -0.05) is 24.3 Å². The smallest absolute Gasteiger partial charge is 0.406 e. The molecule has 0 saturated carbocycles. The minimum absolute atomic E-state index is 0.217. The zero-order chi connectivity index (χ0) is 22.0. The summed E-state index contributed by atoms with van der Waals surface area (Å²) < 4.78 is 42.3. The van der Waals surface area contributed by atoms with Crippen molar-refractivity contribution in [1.29, 1.82) is 0 Å². The van der Waals surface area contributed by atoms with E-state index in [4.69, 9.17) is 0 Å². The van der Waals surface area contributed by atoms with Crippen LogP contribution in [0.15, 0.2) is 71.6 Å². The summed E-state index contributed by atoms with van der Waals surface area (Å²) in [5, 5.41) is 3.48. The number of fused-ring (bicyclic) bond motifs is 1. The number of carbonyl (C=O) groups excluding carboxylic acids is 1. The van der Waals surface area contributed by atoms with Gasteiger partial charge in [0.2, 0.25) is 0 Å². The van der Waals surface area contributed by atoms with E-state index in [1.54, 1.807) is 12.1 Å². The number of allylic oxidation sites excluding steroid dienone is 3. The molecule has 2 aromatic heterocycles. The Balaban J connectivity index is 1.59. The van der Waals surface area contributed by atoms with Crippen LogP contribution in [0.5, 0.6) is 5.75 Å². The lowest BCUT2D eigenvalue weighted by Crippen LogP contribution is -2.29. The van der Waals surface area contributed by atoms with Crippen molar-refractivity contribution >= 4 is 16.9 Å². The number of amides is 1. The van der Waals surface area contributed by atoms with Crippen molar-refractivity contribution < 1.29 is 22.7 Å². The first-order valence-electron chi connectivity index (χ1n) is 9.53. The third kappa shape index (κ3) is 4.71. The highest BCUT2D eigenvalue weighted by atomic mass is 19.4. The molecule has 0 saturated heterocycles. The Morgan fingerprint density at radius 1 is 1.16 bits per heavy atom. The quantitative estimate of drug-likeness (QED) is 0.642. The second-order valence-electron chi connectivity index (χ2n) is 7.05. The molecule has 31 heavy (non-hydrogen) atoms. The molecule has 0 fully saturated rings. The first-order chi connectivity index (χ1) is 14.8. The number of alkyl halides is 3. The summed E-state index contributed by atoms with van der Waals surface area (Å²) in [6.45, 7) is 0.475. The molecule has 0 spiro atoms. The molecule has 0 bridgehead atoms. The SMILES string of the molecule is O=C(NCC1C=CC=CC1)c1cc2ccc(=O)n(-c3ccc(OC(F)(F)F)cc3)c2[nH]1. The van der Waals surface area contributed by atoms with Crippen molar-refractivity contribution in [3.63, 3.8) is 0 Å². The fourth-order valence-electron chi connectivity index (χ4n) is 3.40. The predicted molar refractivity (Wildman–Crippen MR) is 109 cm³/mol. The van der Waals surface area contributed by atoms with Crippen LogP contribution in [0.1, 0.15) is 16.9 Å². The highest BCUT2D eigenvalue weighted by Gasteiger charge is 2.31. The predicted octanol–water partition coefficient (Wildman–Crippen LogP) is 4.08. The summed E-state index contributed by atoms with van der Waals surface area (Å²) in [6.07, 6.45) is 3.99. The number of nitrogens with zero attached hydrogens (tertiary/aromatic N) is 1. The number of benzene rings is 1. The number of aromatic nitrogens is 2. The average molecular weight is 429 g/mol. The van der Waals surface area contributed by atoms with E-state index in [1.807, 2.05) is 24.3 Å². The molecule has 1 aromatic carbocycles. The zero-order valence-corrected chi connectivity index (χ0v) is 16.1. The molecule has 1 atom stereocenters. The van der Waals surface area contributed by atoms with Gasteiger partial charge in [0.05, 0.1) is 5.69 Å². The number of pyridine rings is 1. The topological polar surface area (TPSA) is 76.1 Å². The van der Waals surface area contributed by atoms with E-state index in [9.17, 15) is 22.8 Å². The van der Waals surface area contributed by atoms with Crippen LogP contribution in [0.25, 0.3) is 16.7 Å². The molecule has 2 N–H and O–H groups in total. The third-order valence-electron chi connectivity index (χ3n) is 4.84. The van der Waals surface area contributed by atoms with Crippen LogP contribution in [0, 0.1) is 5.92 Å². The lowest BCUT2D eigenvalue weighted by atomic mass is 10.0. The van der Waals surface area contributed by atoms with Crippen LogP contribution >= 0.6 is 0 Å². The minimum atomic E-state index is -4.80. The number of hydrogen-bond acceptors (Lipinski definition) is 3. The molecule has 1 unspecified atom stereocenters. The van der Waals surface area contributed by atoms with Crippen LogP contribution in [-0.4, -0.2) is 28.4 Å². The first kappa shape index (κ1) is 20.5. The lowest BCUT2D eigenvalue weighted by Gasteiger charge is -2.13. The number of H-pyrrole nitrogens is 1. The maximum absolute atomic E-state index is 12.6. The van der Waals surface area contributed by atoms with Gasteiger partial charge in [-0.05, 0) is 48.7 Å². The molecule has 6 nitrogen and oxygen atoms in total. The number of ether oxygens (including phenoxy) is 1. The number of aromatic amines is 1. The maximum atomic E-state index is 12.6. The fourth-order valence-corrected chi connectivity index (χ4v) is 3.40. The molecule has 1 aliphatic carbocycles. The third-order valence-corrected chi connectivity index (χ3v) is 4.84. The summed E-state index contributed by atoms with van der Waals surface area (Å²) in [4.78, 5) is 28.0. The van der Waals surface area contributed by atoms with Gasteiger partial charge in [-0.15, -0.1) is 13.2 Å². The van der Waals surface area contributed by atoms with Crippen LogP contribution < -0.4 is 15.6 Å². The van der Waals surface area contributed by atoms with Gasteiger partial charge in [0.25, 0.3) is 11.5 Å². The number of halogens is 3. The van der Waals surface area contributed by atoms with Gasteiger partial charge in [-0.2, -0.15) is 0 Å². The van der Waals surface area contributed by atoms with E-state index >= 15 is 0 Å². The van der Waals surface area contributed by atoms with Crippen molar-refractivity contribution in [3.05, 3.63) is 82.8 Å². The molecular weight excluding hydrogens is 411 g/mol. The Morgan fingerprint density at radius 3 is 2.61 bits per heavy atom. The second kappa shape index (κ2) is 8.17. The molecule has 4 rings (SSSR count). The highest BCUT2D eigenvalue weighted by Crippen LogP contribution is 2.24. The van der Waals surface area contributed by atoms with E-state index in [2.05, 4.69) is 15.0 Å². The summed E-state index contributed by atoms with van der Waals surface area (Å²) in [6, 6.07) is 9.46. The molecule has 2 heterocycles. The second-order valence-corrected chi connectivity index (χ2v) is 7.05. The minimum Gasteiger partial charge on any atom is -0.406 e. The van der Waals surface area contributed by atoms with Gasteiger partial charge in [0.15, 0.2) is 0 Å². The summed E-state index contributed by atoms with van der Waals surface area (Å²) in [5.74, 6) is -0.490. The van der Waals surface area contributed by atoms with Gasteiger partial charge in [-0.3, -0.25) is 14.2 Å². The number of nitrogens with one attached hydrogen (secondary N) is 2. The summed E-state index contributed by atoms with van der Waals surface area (Å²) in [5.41, 5.74) is 0.576. The average Bonchev–Trinajstić information content (AvgIpc) is 3.17. The number of hydrogen-bond donors (Lipinski definition) is 2. The maximum Gasteiger partial charge on any atom is 0.573 e. The monoisotopic (exact) mass is 429 g/mol. The zero-order valence-electron chi connectivity index (χ0n) is 16.1. The van der Waals surface area contributed by atoms with Crippen molar-refractivity contribution in [2.24, 2.45) is 5.92 Å². The van der Waals surface area contributed by atoms with Gasteiger partial charge in [0, 0.05) is 18.0 Å². The van der Waals surface area contributed by atoms with Gasteiger partial charge >= 0.3 is 6.36 Å². The fraction of sp³-hybridized carbons (Fsp3) is 0.182. The number of rotatable bonds is 5. The summed E-state index contributed by atoms with van der Waals surface area (Å²) >= 11 is 0. The standard InChI is InChI=1S/C22H18F3N3O3/c23-22(24,25)31-17-9-7-16(8-10-17)28-19(29)11-6-15-12-18(27-20(15)28)21(30)26-13-14-4-2-1-3-5-14/h1-4,6-12,14,27H,5,13H2,(H,26,30). The molecule has 1 amide bonds. The van der Waals surface area contributed by atoms with Crippen LogP contribution in [0.2, 0.25) is 0 Å². The van der Waals surface area contributed by atoms with Gasteiger partial charge in [-0.25, -0.2) is 0 Å². The number of carbonyl (C=O) groups is 1. The van der Waals surface area contributed by atoms with Crippen molar-refractivity contribution in [1.82, 2.24) is 14.9 Å². The Bertz CT molecular complexity index is 1220. The van der Waals surface area contributed by atoms with E-state index in [1.165, 1.54) is 22.8 Å². The van der Waals surface area contributed by atoms with Crippen molar-refractivity contribution in [3.8, 4) is 11.4 Å². The molecule has 0 radical (unpaired) electrons. The normalized spacial score (nSPS) is 15.9. The molecule has 3 aromatic rings.